The SMILES string of the molecule is CC(C)(C)OCC(O)c1cccnc1. The van der Waals surface area contributed by atoms with Crippen LogP contribution in [0.15, 0.2) is 24.5 Å². The Morgan fingerprint density at radius 3 is 2.71 bits per heavy atom. The van der Waals surface area contributed by atoms with E-state index in [1.165, 1.54) is 0 Å². The summed E-state index contributed by atoms with van der Waals surface area (Å²) < 4.78 is 5.47. The standard InChI is InChI=1S/C11H17NO2/c1-11(2,3)14-8-10(13)9-5-4-6-12-7-9/h4-7,10,13H,8H2,1-3H3. The molecule has 1 aromatic rings. The maximum absolute atomic E-state index is 9.72. The van der Waals surface area contributed by atoms with Gasteiger partial charge < -0.3 is 9.84 Å². The number of aliphatic hydroxyl groups excluding tert-OH is 1. The Bertz CT molecular complexity index is 266. The Labute approximate surface area is 84.7 Å². The third-order valence-electron chi connectivity index (χ3n) is 1.74. The lowest BCUT2D eigenvalue weighted by atomic mass is 10.1. The predicted octanol–water partition coefficient (Wildman–Crippen LogP) is 1.93. The molecule has 0 aromatic carbocycles. The molecule has 3 heteroatoms. The van der Waals surface area contributed by atoms with Crippen molar-refractivity contribution in [2.45, 2.75) is 32.5 Å². The van der Waals surface area contributed by atoms with E-state index in [1.807, 2.05) is 26.8 Å². The fourth-order valence-electron chi connectivity index (χ4n) is 0.998. The Hall–Kier alpha value is -0.930. The lowest BCUT2D eigenvalue weighted by Gasteiger charge is -2.21. The van der Waals surface area contributed by atoms with Crippen molar-refractivity contribution in [2.75, 3.05) is 6.61 Å². The second-order valence-corrected chi connectivity index (χ2v) is 4.23. The van der Waals surface area contributed by atoms with Crippen LogP contribution in [0, 0.1) is 0 Å². The molecule has 0 saturated heterocycles. The van der Waals surface area contributed by atoms with Gasteiger partial charge in [-0.1, -0.05) is 6.07 Å². The summed E-state index contributed by atoms with van der Waals surface area (Å²) in [5.41, 5.74) is 0.570. The van der Waals surface area contributed by atoms with E-state index in [2.05, 4.69) is 4.98 Å². The fourth-order valence-corrected chi connectivity index (χ4v) is 0.998. The highest BCUT2D eigenvalue weighted by atomic mass is 16.5. The van der Waals surface area contributed by atoms with Crippen LogP contribution in [0.25, 0.3) is 0 Å². The van der Waals surface area contributed by atoms with Crippen molar-refractivity contribution >= 4 is 0 Å². The lowest BCUT2D eigenvalue weighted by Crippen LogP contribution is -2.22. The van der Waals surface area contributed by atoms with Gasteiger partial charge >= 0.3 is 0 Å². The molecule has 1 atom stereocenters. The second kappa shape index (κ2) is 4.53. The first-order chi connectivity index (χ1) is 6.49. The van der Waals surface area contributed by atoms with Crippen molar-refractivity contribution < 1.29 is 9.84 Å². The molecule has 1 aromatic heterocycles. The van der Waals surface area contributed by atoms with E-state index in [0.717, 1.165) is 5.56 Å². The van der Waals surface area contributed by atoms with E-state index in [4.69, 9.17) is 4.74 Å². The first kappa shape index (κ1) is 11.1. The van der Waals surface area contributed by atoms with Crippen LogP contribution in [0.4, 0.5) is 0 Å². The van der Waals surface area contributed by atoms with E-state index in [-0.39, 0.29) is 5.60 Å². The molecule has 0 radical (unpaired) electrons. The molecule has 0 spiro atoms. The van der Waals surface area contributed by atoms with E-state index < -0.39 is 6.10 Å². The summed E-state index contributed by atoms with van der Waals surface area (Å²) in [5.74, 6) is 0. The van der Waals surface area contributed by atoms with E-state index in [9.17, 15) is 5.11 Å². The molecule has 0 amide bonds. The number of hydrogen-bond donors (Lipinski definition) is 1. The maximum atomic E-state index is 9.72. The number of hydrogen-bond acceptors (Lipinski definition) is 3. The largest absolute Gasteiger partial charge is 0.386 e. The molecule has 0 fully saturated rings. The third-order valence-corrected chi connectivity index (χ3v) is 1.74. The number of pyridine rings is 1. The van der Waals surface area contributed by atoms with Gasteiger partial charge in [-0.3, -0.25) is 4.98 Å². The second-order valence-electron chi connectivity index (χ2n) is 4.23. The minimum Gasteiger partial charge on any atom is -0.386 e. The van der Waals surface area contributed by atoms with Crippen molar-refractivity contribution in [2.24, 2.45) is 0 Å². The molecule has 78 valence electrons. The van der Waals surface area contributed by atoms with Crippen molar-refractivity contribution in [1.82, 2.24) is 4.98 Å². The van der Waals surface area contributed by atoms with Crippen LogP contribution in [0.1, 0.15) is 32.4 Å². The van der Waals surface area contributed by atoms with Crippen molar-refractivity contribution in [3.8, 4) is 0 Å². The quantitative estimate of drug-likeness (QED) is 0.801. The summed E-state index contributed by atoms with van der Waals surface area (Å²) in [6.07, 6.45) is 2.74. The van der Waals surface area contributed by atoms with Crippen molar-refractivity contribution in [3.05, 3.63) is 30.1 Å². The Morgan fingerprint density at radius 2 is 2.21 bits per heavy atom. The van der Waals surface area contributed by atoms with Gasteiger partial charge in [0.1, 0.15) is 6.10 Å². The molecule has 0 aliphatic carbocycles. The summed E-state index contributed by atoms with van der Waals surface area (Å²) >= 11 is 0. The molecule has 0 bridgehead atoms. The predicted molar refractivity (Wildman–Crippen MR) is 54.9 cm³/mol. The lowest BCUT2D eigenvalue weighted by molar-refractivity contribution is -0.0497. The van der Waals surface area contributed by atoms with Gasteiger partial charge in [-0.25, -0.2) is 0 Å². The minimum atomic E-state index is -0.595. The normalized spacial score (nSPS) is 14.0. The summed E-state index contributed by atoms with van der Waals surface area (Å²) in [6, 6.07) is 3.64. The number of aromatic nitrogens is 1. The molecule has 1 N–H and O–H groups in total. The first-order valence-electron chi connectivity index (χ1n) is 4.71. The van der Waals surface area contributed by atoms with Crippen LogP contribution in [-0.4, -0.2) is 22.3 Å². The summed E-state index contributed by atoms with van der Waals surface area (Å²) in [7, 11) is 0. The van der Waals surface area contributed by atoms with Crippen molar-refractivity contribution in [1.29, 1.82) is 0 Å². The number of rotatable bonds is 3. The Morgan fingerprint density at radius 1 is 1.50 bits per heavy atom. The summed E-state index contributed by atoms with van der Waals surface area (Å²) in [4.78, 5) is 3.93. The smallest absolute Gasteiger partial charge is 0.104 e. The van der Waals surface area contributed by atoms with Gasteiger partial charge in [-0.05, 0) is 26.8 Å². The molecule has 1 rings (SSSR count). The first-order valence-corrected chi connectivity index (χ1v) is 4.71. The van der Waals surface area contributed by atoms with Gasteiger partial charge in [-0.2, -0.15) is 0 Å². The van der Waals surface area contributed by atoms with Crippen LogP contribution in [-0.2, 0) is 4.74 Å². The summed E-state index contributed by atoms with van der Waals surface area (Å²) in [5, 5.41) is 9.72. The molecule has 0 saturated carbocycles. The average Bonchev–Trinajstić information content (AvgIpc) is 2.14. The number of nitrogens with zero attached hydrogens (tertiary/aromatic N) is 1. The molecule has 3 nitrogen and oxygen atoms in total. The monoisotopic (exact) mass is 195 g/mol. The topological polar surface area (TPSA) is 42.4 Å². The fraction of sp³-hybridized carbons (Fsp3) is 0.545. The number of ether oxygens (including phenoxy) is 1. The van der Waals surface area contributed by atoms with Gasteiger partial charge in [0.15, 0.2) is 0 Å². The van der Waals surface area contributed by atoms with Gasteiger partial charge in [-0.15, -0.1) is 0 Å². The van der Waals surface area contributed by atoms with E-state index >= 15 is 0 Å². The maximum Gasteiger partial charge on any atom is 0.104 e. The Kier molecular flexibility index (Phi) is 3.61. The minimum absolute atomic E-state index is 0.219. The molecule has 0 aliphatic heterocycles. The molecular weight excluding hydrogens is 178 g/mol. The summed E-state index contributed by atoms with van der Waals surface area (Å²) in [6.45, 7) is 6.18. The van der Waals surface area contributed by atoms with Crippen LogP contribution in [0.2, 0.25) is 0 Å². The molecule has 0 aliphatic rings. The van der Waals surface area contributed by atoms with Gasteiger partial charge in [0, 0.05) is 18.0 Å². The number of aliphatic hydroxyl groups is 1. The van der Waals surface area contributed by atoms with Crippen LogP contribution in [0.3, 0.4) is 0 Å². The third kappa shape index (κ3) is 3.85. The zero-order valence-electron chi connectivity index (χ0n) is 8.90. The van der Waals surface area contributed by atoms with Crippen LogP contribution in [0.5, 0.6) is 0 Å². The van der Waals surface area contributed by atoms with Gasteiger partial charge in [0.05, 0.1) is 12.2 Å². The van der Waals surface area contributed by atoms with Crippen molar-refractivity contribution in [3.63, 3.8) is 0 Å². The van der Waals surface area contributed by atoms with Gasteiger partial charge in [0.2, 0.25) is 0 Å². The zero-order chi connectivity index (χ0) is 10.6. The Balaban J connectivity index is 2.48. The van der Waals surface area contributed by atoms with Crippen LogP contribution >= 0.6 is 0 Å². The molecule has 1 unspecified atom stereocenters. The highest BCUT2D eigenvalue weighted by molar-refractivity contribution is 5.11. The van der Waals surface area contributed by atoms with E-state index in [0.29, 0.717) is 6.61 Å². The average molecular weight is 195 g/mol. The highest BCUT2D eigenvalue weighted by Gasteiger charge is 2.14. The molecular formula is C11H17NO2. The van der Waals surface area contributed by atoms with E-state index in [1.54, 1.807) is 18.5 Å². The van der Waals surface area contributed by atoms with Crippen LogP contribution < -0.4 is 0 Å². The van der Waals surface area contributed by atoms with Gasteiger partial charge in [0.25, 0.3) is 0 Å². The molecule has 1 heterocycles. The zero-order valence-corrected chi connectivity index (χ0v) is 8.90. The molecule has 14 heavy (non-hydrogen) atoms. The highest BCUT2D eigenvalue weighted by Crippen LogP contribution is 2.15.